The third kappa shape index (κ3) is 5.50. The minimum atomic E-state index is -0.00789. The van der Waals surface area contributed by atoms with Crippen LogP contribution in [0.25, 0.3) is 17.2 Å². The molecule has 0 spiro atoms. The van der Waals surface area contributed by atoms with E-state index in [2.05, 4.69) is 60.9 Å². The molecule has 29 heavy (non-hydrogen) atoms. The first kappa shape index (κ1) is 21.2. The van der Waals surface area contributed by atoms with Crippen LogP contribution in [-0.4, -0.2) is 18.0 Å². The van der Waals surface area contributed by atoms with E-state index in [9.17, 15) is 4.79 Å². The van der Waals surface area contributed by atoms with Crippen molar-refractivity contribution < 1.29 is 4.79 Å². The number of amides is 1. The summed E-state index contributed by atoms with van der Waals surface area (Å²) in [5.41, 5.74) is 7.91. The number of carbonyl (C=O) groups excluding carboxylic acids is 1. The summed E-state index contributed by atoms with van der Waals surface area (Å²) in [6.07, 6.45) is 7.23. The second kappa shape index (κ2) is 9.30. The summed E-state index contributed by atoms with van der Waals surface area (Å²) < 4.78 is 0. The summed E-state index contributed by atoms with van der Waals surface area (Å²) >= 11 is 0. The Morgan fingerprint density at radius 2 is 1.69 bits per heavy atom. The second-order valence-corrected chi connectivity index (χ2v) is 8.68. The minimum absolute atomic E-state index is 0.00789. The maximum Gasteiger partial charge on any atom is 0.247 e. The fourth-order valence-corrected chi connectivity index (χ4v) is 4.03. The average Bonchev–Trinajstić information content (AvgIpc) is 3.17. The van der Waals surface area contributed by atoms with Gasteiger partial charge in [-0.2, -0.15) is 0 Å². The molecule has 2 N–H and O–H groups in total. The lowest BCUT2D eigenvalue weighted by molar-refractivity contribution is -0.117. The van der Waals surface area contributed by atoms with Crippen molar-refractivity contribution in [2.45, 2.75) is 72.4 Å². The Kier molecular flexibility index (Phi) is 6.79. The van der Waals surface area contributed by atoms with Crippen molar-refractivity contribution in [3.63, 3.8) is 0 Å². The van der Waals surface area contributed by atoms with Gasteiger partial charge in [0.1, 0.15) is 0 Å². The van der Waals surface area contributed by atoms with Crippen LogP contribution in [0.1, 0.15) is 63.1 Å². The zero-order valence-electron chi connectivity index (χ0n) is 18.4. The van der Waals surface area contributed by atoms with Gasteiger partial charge < -0.3 is 10.6 Å². The van der Waals surface area contributed by atoms with Crippen LogP contribution < -0.4 is 10.6 Å². The van der Waals surface area contributed by atoms with E-state index in [1.807, 2.05) is 26.8 Å². The van der Waals surface area contributed by atoms with E-state index < -0.39 is 0 Å². The van der Waals surface area contributed by atoms with Crippen LogP contribution in [0.2, 0.25) is 0 Å². The summed E-state index contributed by atoms with van der Waals surface area (Å²) in [5.74, 6) is -0.00789. The predicted molar refractivity (Wildman–Crippen MR) is 124 cm³/mol. The van der Waals surface area contributed by atoms with Gasteiger partial charge in [0.15, 0.2) is 0 Å². The third-order valence-corrected chi connectivity index (χ3v) is 5.68. The number of hydrogen-bond acceptors (Lipinski definition) is 2. The number of nitrogens with one attached hydrogen (secondary N) is 2. The maximum absolute atomic E-state index is 12.2. The quantitative estimate of drug-likeness (QED) is 0.572. The topological polar surface area (TPSA) is 41.1 Å². The van der Waals surface area contributed by atoms with Crippen LogP contribution in [0.3, 0.4) is 0 Å². The van der Waals surface area contributed by atoms with Crippen molar-refractivity contribution in [3.8, 4) is 11.1 Å². The van der Waals surface area contributed by atoms with Crippen LogP contribution in [-0.2, 0) is 4.79 Å². The van der Waals surface area contributed by atoms with Gasteiger partial charge in [-0.1, -0.05) is 37.1 Å². The zero-order chi connectivity index (χ0) is 21.0. The van der Waals surface area contributed by atoms with E-state index in [0.717, 1.165) is 11.1 Å². The standard InChI is InChI=1S/C26H34N2O/c1-17(2)27-26(29)20(5)15-22-14-19(4)25(16-18(22)3)21-10-12-24(13-11-21)28-23-8-6-7-9-23/h10-17,23,28H,6-9H2,1-5H3,(H,27,29)/b20-15+. The molecule has 0 radical (unpaired) electrons. The van der Waals surface area contributed by atoms with Crippen molar-refractivity contribution in [1.82, 2.24) is 5.32 Å². The first-order chi connectivity index (χ1) is 13.8. The molecule has 1 fully saturated rings. The van der Waals surface area contributed by atoms with Crippen molar-refractivity contribution in [3.05, 3.63) is 58.7 Å². The lowest BCUT2D eigenvalue weighted by Crippen LogP contribution is -2.30. The lowest BCUT2D eigenvalue weighted by Gasteiger charge is -2.15. The Bertz CT molecular complexity index is 888. The van der Waals surface area contributed by atoms with Crippen molar-refractivity contribution in [1.29, 1.82) is 0 Å². The molecule has 0 atom stereocenters. The fourth-order valence-electron chi connectivity index (χ4n) is 4.03. The Balaban J connectivity index is 1.79. The number of hydrogen-bond donors (Lipinski definition) is 2. The Hall–Kier alpha value is -2.55. The number of benzene rings is 2. The molecule has 0 saturated heterocycles. The monoisotopic (exact) mass is 390 g/mol. The first-order valence-electron chi connectivity index (χ1n) is 10.8. The lowest BCUT2D eigenvalue weighted by atomic mass is 9.94. The molecule has 154 valence electrons. The van der Waals surface area contributed by atoms with Crippen molar-refractivity contribution in [2.75, 3.05) is 5.32 Å². The van der Waals surface area contributed by atoms with Gasteiger partial charge >= 0.3 is 0 Å². The third-order valence-electron chi connectivity index (χ3n) is 5.68. The highest BCUT2D eigenvalue weighted by Crippen LogP contribution is 2.29. The molecule has 2 aromatic rings. The molecule has 3 heteroatoms. The van der Waals surface area contributed by atoms with Gasteiger partial charge in [0.05, 0.1) is 0 Å². The molecular formula is C26H34N2O. The van der Waals surface area contributed by atoms with Gasteiger partial charge in [-0.15, -0.1) is 0 Å². The van der Waals surface area contributed by atoms with Crippen LogP contribution in [0, 0.1) is 13.8 Å². The molecule has 0 aromatic heterocycles. The van der Waals surface area contributed by atoms with Gasteiger partial charge in [-0.3, -0.25) is 4.79 Å². The van der Waals surface area contributed by atoms with Gasteiger partial charge in [0, 0.05) is 23.3 Å². The molecule has 0 unspecified atom stereocenters. The number of carbonyl (C=O) groups is 1. The molecule has 3 nitrogen and oxygen atoms in total. The first-order valence-corrected chi connectivity index (χ1v) is 10.8. The van der Waals surface area contributed by atoms with E-state index in [4.69, 9.17) is 0 Å². The minimum Gasteiger partial charge on any atom is -0.382 e. The molecule has 1 saturated carbocycles. The van der Waals surface area contributed by atoms with Crippen molar-refractivity contribution in [2.24, 2.45) is 0 Å². The Labute approximate surface area is 175 Å². The smallest absolute Gasteiger partial charge is 0.247 e. The molecule has 2 aromatic carbocycles. The van der Waals surface area contributed by atoms with Crippen LogP contribution >= 0.6 is 0 Å². The highest BCUT2D eigenvalue weighted by atomic mass is 16.1. The van der Waals surface area contributed by atoms with Gasteiger partial charge in [-0.05, 0) is 93.5 Å². The number of aryl methyl sites for hydroxylation is 2. The number of anilines is 1. The maximum atomic E-state index is 12.2. The van der Waals surface area contributed by atoms with Gasteiger partial charge in [0.2, 0.25) is 5.91 Å². The van der Waals surface area contributed by atoms with Crippen LogP contribution in [0.4, 0.5) is 5.69 Å². The highest BCUT2D eigenvalue weighted by molar-refractivity contribution is 5.97. The molecule has 1 amide bonds. The summed E-state index contributed by atoms with van der Waals surface area (Å²) in [6, 6.07) is 14.0. The van der Waals surface area contributed by atoms with E-state index in [1.54, 1.807) is 0 Å². The SMILES string of the molecule is C/C(=C\c1cc(C)c(-c2ccc(NC3CCCC3)cc2)cc1C)C(=O)NC(C)C. The average molecular weight is 391 g/mol. The van der Waals surface area contributed by atoms with E-state index >= 15 is 0 Å². The Morgan fingerprint density at radius 3 is 2.31 bits per heavy atom. The number of rotatable bonds is 6. The summed E-state index contributed by atoms with van der Waals surface area (Å²) in [4.78, 5) is 12.2. The normalized spacial score (nSPS) is 15.0. The van der Waals surface area contributed by atoms with E-state index in [0.29, 0.717) is 6.04 Å². The molecule has 3 rings (SSSR count). The zero-order valence-corrected chi connectivity index (χ0v) is 18.4. The van der Waals surface area contributed by atoms with Gasteiger partial charge in [-0.25, -0.2) is 0 Å². The molecular weight excluding hydrogens is 356 g/mol. The molecule has 0 aliphatic heterocycles. The largest absolute Gasteiger partial charge is 0.382 e. The molecule has 0 heterocycles. The molecule has 1 aliphatic carbocycles. The van der Waals surface area contributed by atoms with E-state index in [1.165, 1.54) is 53.6 Å². The Morgan fingerprint density at radius 1 is 1.03 bits per heavy atom. The molecule has 1 aliphatic rings. The van der Waals surface area contributed by atoms with Gasteiger partial charge in [0.25, 0.3) is 0 Å². The van der Waals surface area contributed by atoms with Crippen LogP contribution in [0.15, 0.2) is 42.0 Å². The van der Waals surface area contributed by atoms with Crippen molar-refractivity contribution >= 4 is 17.7 Å². The predicted octanol–water partition coefficient (Wildman–Crippen LogP) is 6.25. The fraction of sp³-hybridized carbons (Fsp3) is 0.423. The summed E-state index contributed by atoms with van der Waals surface area (Å²) in [6.45, 7) is 10.1. The summed E-state index contributed by atoms with van der Waals surface area (Å²) in [5, 5.41) is 6.61. The molecule has 0 bridgehead atoms. The van der Waals surface area contributed by atoms with Crippen LogP contribution in [0.5, 0.6) is 0 Å². The second-order valence-electron chi connectivity index (χ2n) is 8.68. The summed E-state index contributed by atoms with van der Waals surface area (Å²) in [7, 11) is 0. The van der Waals surface area contributed by atoms with E-state index in [-0.39, 0.29) is 11.9 Å². The highest BCUT2D eigenvalue weighted by Gasteiger charge is 2.14.